The van der Waals surface area contributed by atoms with E-state index >= 15 is 0 Å². The molecule has 0 aliphatic heterocycles. The molecule has 0 fully saturated rings. The Morgan fingerprint density at radius 3 is 2.57 bits per heavy atom. The predicted molar refractivity (Wildman–Crippen MR) is 95.3 cm³/mol. The van der Waals surface area contributed by atoms with Crippen molar-refractivity contribution >= 4 is 5.97 Å². The quantitative estimate of drug-likeness (QED) is 0.467. The molecular weight excluding hydrogens is 288 g/mol. The molecule has 0 aromatic heterocycles. The highest BCUT2D eigenvalue weighted by Crippen LogP contribution is 2.29. The topological polar surface area (TPSA) is 35.5 Å². The molecule has 0 aromatic rings. The van der Waals surface area contributed by atoms with Gasteiger partial charge < -0.3 is 9.47 Å². The number of hydrogen-bond donors (Lipinski definition) is 0. The molecule has 0 saturated carbocycles. The first-order valence-electron chi connectivity index (χ1n) is 8.57. The smallest absolute Gasteiger partial charge is 0.311 e. The predicted octanol–water partition coefficient (Wildman–Crippen LogP) is 4.98. The van der Waals surface area contributed by atoms with E-state index in [2.05, 4.69) is 39.0 Å². The normalized spacial score (nSPS) is 21.6. The lowest BCUT2D eigenvalue weighted by Gasteiger charge is -2.27. The second-order valence-corrected chi connectivity index (χ2v) is 6.60. The van der Waals surface area contributed by atoms with Gasteiger partial charge in [0.1, 0.15) is 0 Å². The Balaban J connectivity index is 2.47. The van der Waals surface area contributed by atoms with Crippen molar-refractivity contribution in [1.82, 2.24) is 0 Å². The van der Waals surface area contributed by atoms with Crippen molar-refractivity contribution in [2.24, 2.45) is 5.92 Å². The van der Waals surface area contributed by atoms with Crippen molar-refractivity contribution in [1.29, 1.82) is 0 Å². The van der Waals surface area contributed by atoms with E-state index in [1.165, 1.54) is 23.8 Å². The van der Waals surface area contributed by atoms with E-state index in [9.17, 15) is 4.79 Å². The highest BCUT2D eigenvalue weighted by Gasteiger charge is 2.31. The highest BCUT2D eigenvalue weighted by atomic mass is 16.5. The van der Waals surface area contributed by atoms with Crippen LogP contribution < -0.4 is 0 Å². The van der Waals surface area contributed by atoms with E-state index in [0.717, 1.165) is 38.5 Å². The summed E-state index contributed by atoms with van der Waals surface area (Å²) in [6.07, 6.45) is 12.8. The number of esters is 1. The molecule has 0 aromatic carbocycles. The van der Waals surface area contributed by atoms with Gasteiger partial charge in [-0.1, -0.05) is 34.9 Å². The molecule has 1 aliphatic carbocycles. The van der Waals surface area contributed by atoms with Crippen molar-refractivity contribution in [2.75, 3.05) is 14.2 Å². The lowest BCUT2D eigenvalue weighted by Crippen LogP contribution is -2.32. The van der Waals surface area contributed by atoms with Crippen molar-refractivity contribution in [3.05, 3.63) is 34.9 Å². The Hall–Kier alpha value is -1.35. The van der Waals surface area contributed by atoms with Gasteiger partial charge in [0.2, 0.25) is 0 Å². The SMILES string of the molecule is COC(=O)[C@H]1CCC(CC/C=C(\C)CCC=C(C)C)=C[C@H]1OC. The number of carbonyl (C=O) groups excluding carboxylic acids is 1. The van der Waals surface area contributed by atoms with Crippen LogP contribution in [0.5, 0.6) is 0 Å². The van der Waals surface area contributed by atoms with Gasteiger partial charge in [-0.25, -0.2) is 0 Å². The van der Waals surface area contributed by atoms with Crippen LogP contribution >= 0.6 is 0 Å². The van der Waals surface area contributed by atoms with Crippen LogP contribution in [0.2, 0.25) is 0 Å². The third kappa shape index (κ3) is 7.17. The number of ether oxygens (including phenoxy) is 2. The first kappa shape index (κ1) is 19.7. The van der Waals surface area contributed by atoms with E-state index in [1.54, 1.807) is 7.11 Å². The fourth-order valence-corrected chi connectivity index (χ4v) is 2.98. The van der Waals surface area contributed by atoms with Crippen LogP contribution in [-0.2, 0) is 14.3 Å². The van der Waals surface area contributed by atoms with Gasteiger partial charge in [-0.15, -0.1) is 0 Å². The third-order valence-electron chi connectivity index (χ3n) is 4.40. The summed E-state index contributed by atoms with van der Waals surface area (Å²) >= 11 is 0. The fraction of sp³-hybridized carbons (Fsp3) is 0.650. The van der Waals surface area contributed by atoms with Gasteiger partial charge in [-0.2, -0.15) is 0 Å². The molecule has 3 nitrogen and oxygen atoms in total. The molecule has 2 atom stereocenters. The number of hydrogen-bond acceptors (Lipinski definition) is 3. The van der Waals surface area contributed by atoms with Crippen molar-refractivity contribution in [3.8, 4) is 0 Å². The van der Waals surface area contributed by atoms with E-state index < -0.39 is 0 Å². The molecule has 0 heterocycles. The molecule has 0 spiro atoms. The Morgan fingerprint density at radius 2 is 1.96 bits per heavy atom. The Labute approximate surface area is 141 Å². The summed E-state index contributed by atoms with van der Waals surface area (Å²) in [5.41, 5.74) is 4.23. The Bertz CT molecular complexity index is 467. The molecule has 3 heteroatoms. The maximum Gasteiger partial charge on any atom is 0.311 e. The van der Waals surface area contributed by atoms with Gasteiger partial charge in [-0.05, 0) is 59.3 Å². The maximum absolute atomic E-state index is 11.7. The van der Waals surface area contributed by atoms with E-state index in [0.29, 0.717) is 0 Å². The Morgan fingerprint density at radius 1 is 1.22 bits per heavy atom. The zero-order valence-electron chi connectivity index (χ0n) is 15.4. The van der Waals surface area contributed by atoms with Crippen LogP contribution in [0.4, 0.5) is 0 Å². The van der Waals surface area contributed by atoms with Crippen molar-refractivity contribution in [2.45, 2.75) is 65.4 Å². The summed E-state index contributed by atoms with van der Waals surface area (Å²) in [6, 6.07) is 0. The molecule has 0 N–H and O–H groups in total. The molecule has 0 amide bonds. The molecule has 1 rings (SSSR count). The number of carbonyl (C=O) groups is 1. The molecule has 0 saturated heterocycles. The average Bonchev–Trinajstić information content (AvgIpc) is 2.53. The lowest BCUT2D eigenvalue weighted by molar-refractivity contribution is -0.149. The first-order chi connectivity index (χ1) is 11.0. The molecule has 23 heavy (non-hydrogen) atoms. The molecule has 0 unspecified atom stereocenters. The average molecular weight is 320 g/mol. The number of rotatable bonds is 8. The summed E-state index contributed by atoms with van der Waals surface area (Å²) in [7, 11) is 3.10. The van der Waals surface area contributed by atoms with Gasteiger partial charge in [-0.3, -0.25) is 4.79 Å². The Kier molecular flexibility index (Phi) is 8.93. The summed E-state index contributed by atoms with van der Waals surface area (Å²) in [5.74, 6) is -0.322. The van der Waals surface area contributed by atoms with Gasteiger partial charge in [0, 0.05) is 7.11 Å². The molecule has 1 aliphatic rings. The van der Waals surface area contributed by atoms with Crippen molar-refractivity contribution < 1.29 is 14.3 Å². The summed E-state index contributed by atoms with van der Waals surface area (Å²) in [6.45, 7) is 6.49. The highest BCUT2D eigenvalue weighted by molar-refractivity contribution is 5.73. The molecular formula is C20H32O3. The second kappa shape index (κ2) is 10.4. The van der Waals surface area contributed by atoms with E-state index in [1.807, 2.05) is 0 Å². The van der Waals surface area contributed by atoms with E-state index in [4.69, 9.17) is 9.47 Å². The van der Waals surface area contributed by atoms with Crippen LogP contribution in [0.1, 0.15) is 59.3 Å². The van der Waals surface area contributed by atoms with Crippen LogP contribution in [0.3, 0.4) is 0 Å². The first-order valence-corrected chi connectivity index (χ1v) is 8.57. The largest absolute Gasteiger partial charge is 0.469 e. The van der Waals surface area contributed by atoms with Gasteiger partial charge in [0.05, 0.1) is 19.1 Å². The zero-order valence-corrected chi connectivity index (χ0v) is 15.4. The summed E-state index contributed by atoms with van der Waals surface area (Å²) < 4.78 is 10.3. The molecule has 0 bridgehead atoms. The lowest BCUT2D eigenvalue weighted by atomic mass is 9.85. The second-order valence-electron chi connectivity index (χ2n) is 6.60. The molecule has 0 radical (unpaired) electrons. The summed E-state index contributed by atoms with van der Waals surface area (Å²) in [5, 5.41) is 0. The minimum Gasteiger partial charge on any atom is -0.469 e. The number of methoxy groups -OCH3 is 2. The number of allylic oxidation sites excluding steroid dienone is 5. The zero-order chi connectivity index (χ0) is 17.2. The van der Waals surface area contributed by atoms with Crippen LogP contribution in [0.25, 0.3) is 0 Å². The minimum atomic E-state index is -0.165. The molecule has 130 valence electrons. The fourth-order valence-electron chi connectivity index (χ4n) is 2.98. The van der Waals surface area contributed by atoms with Gasteiger partial charge >= 0.3 is 5.97 Å². The van der Waals surface area contributed by atoms with Crippen LogP contribution in [-0.4, -0.2) is 26.3 Å². The van der Waals surface area contributed by atoms with E-state index in [-0.39, 0.29) is 18.0 Å². The van der Waals surface area contributed by atoms with Gasteiger partial charge in [0.25, 0.3) is 0 Å². The van der Waals surface area contributed by atoms with Gasteiger partial charge in [0.15, 0.2) is 0 Å². The summed E-state index contributed by atoms with van der Waals surface area (Å²) in [4.78, 5) is 11.7. The third-order valence-corrected chi connectivity index (χ3v) is 4.40. The monoisotopic (exact) mass is 320 g/mol. The standard InChI is InChI=1S/C20H32O3/c1-15(2)8-6-9-16(3)10-7-11-17-12-13-18(20(21)23-5)19(14-17)22-4/h8,10,14,18-19H,6-7,9,11-13H2,1-5H3/b16-10+/t18-,19+/m0/s1. The maximum atomic E-state index is 11.7. The van der Waals surface area contributed by atoms with Crippen LogP contribution in [0.15, 0.2) is 34.9 Å². The minimum absolute atomic E-state index is 0.144. The van der Waals surface area contributed by atoms with Crippen molar-refractivity contribution in [3.63, 3.8) is 0 Å². The van der Waals surface area contributed by atoms with Crippen LogP contribution in [0, 0.1) is 5.92 Å².